The molecule has 0 saturated heterocycles. The molecule has 3 aromatic rings. The third-order valence-corrected chi connectivity index (χ3v) is 4.49. The zero-order valence-electron chi connectivity index (χ0n) is 15.2. The Bertz CT molecular complexity index is 956. The van der Waals surface area contributed by atoms with Crippen molar-refractivity contribution in [3.8, 4) is 17.4 Å². The maximum atomic E-state index is 13.1. The Morgan fingerprint density at radius 3 is 2.81 bits per heavy atom. The molecule has 1 aliphatic rings. The molecular formula is C19H20N6O2. The number of fused-ring (bicyclic) bond motifs is 1. The molecule has 8 heteroatoms. The average Bonchev–Trinajstić information content (AvgIpc) is 3.13. The number of hydrogen-bond donors (Lipinski definition) is 0. The van der Waals surface area contributed by atoms with Gasteiger partial charge in [0.2, 0.25) is 5.88 Å². The fraction of sp³-hybridized carbons (Fsp3) is 0.316. The lowest BCUT2D eigenvalue weighted by Gasteiger charge is -2.32. The Morgan fingerprint density at radius 2 is 2.04 bits per heavy atom. The predicted octanol–water partition coefficient (Wildman–Crippen LogP) is 2.35. The summed E-state index contributed by atoms with van der Waals surface area (Å²) < 4.78 is 7.56. The molecule has 1 atom stereocenters. The number of pyridine rings is 2. The van der Waals surface area contributed by atoms with Gasteiger partial charge in [-0.3, -0.25) is 9.78 Å². The van der Waals surface area contributed by atoms with Crippen molar-refractivity contribution in [2.75, 3.05) is 13.2 Å². The topological polar surface area (TPSA) is 86.0 Å². The van der Waals surface area contributed by atoms with Crippen LogP contribution in [0.4, 0.5) is 0 Å². The van der Waals surface area contributed by atoms with Gasteiger partial charge in [-0.2, -0.15) is 0 Å². The molecule has 138 valence electrons. The number of amides is 1. The zero-order chi connectivity index (χ0) is 18.8. The van der Waals surface area contributed by atoms with E-state index >= 15 is 0 Å². The van der Waals surface area contributed by atoms with E-state index in [1.807, 2.05) is 32.0 Å². The number of aromatic nitrogens is 5. The smallest absolute Gasteiger partial charge is 0.259 e. The van der Waals surface area contributed by atoms with E-state index in [1.165, 1.54) is 0 Å². The van der Waals surface area contributed by atoms with Gasteiger partial charge in [0.25, 0.3) is 5.91 Å². The number of rotatable bonds is 4. The number of nitrogens with zero attached hydrogens (tertiary/aromatic N) is 6. The molecule has 0 unspecified atom stereocenters. The standard InChI is InChI=1S/C19H20N6O2/c1-3-27-18-14(7-6-10-21-18)19(26)24-11-13(2)25-16(12-24)22-23-17(25)15-8-4-5-9-20-15/h4-10,13H,3,11-12H2,1-2H3/t13-/m0/s1. The molecule has 1 aliphatic heterocycles. The van der Waals surface area contributed by atoms with E-state index < -0.39 is 0 Å². The summed E-state index contributed by atoms with van der Waals surface area (Å²) in [6.07, 6.45) is 3.36. The summed E-state index contributed by atoms with van der Waals surface area (Å²) in [7, 11) is 0. The lowest BCUT2D eigenvalue weighted by Crippen LogP contribution is -2.40. The molecule has 0 aliphatic carbocycles. The van der Waals surface area contributed by atoms with Crippen LogP contribution < -0.4 is 4.74 Å². The van der Waals surface area contributed by atoms with E-state index in [0.717, 1.165) is 17.3 Å². The van der Waals surface area contributed by atoms with Crippen LogP contribution in [-0.2, 0) is 6.54 Å². The largest absolute Gasteiger partial charge is 0.477 e. The second-order valence-corrected chi connectivity index (χ2v) is 6.35. The summed E-state index contributed by atoms with van der Waals surface area (Å²) in [5, 5.41) is 8.61. The van der Waals surface area contributed by atoms with Gasteiger partial charge in [0.15, 0.2) is 11.6 Å². The van der Waals surface area contributed by atoms with Gasteiger partial charge < -0.3 is 14.2 Å². The summed E-state index contributed by atoms with van der Waals surface area (Å²) in [6, 6.07) is 9.20. The minimum absolute atomic E-state index is 0.0249. The van der Waals surface area contributed by atoms with Crippen molar-refractivity contribution in [2.45, 2.75) is 26.4 Å². The first-order chi connectivity index (χ1) is 13.2. The van der Waals surface area contributed by atoms with Crippen molar-refractivity contribution in [2.24, 2.45) is 0 Å². The van der Waals surface area contributed by atoms with Gasteiger partial charge in [-0.05, 0) is 38.1 Å². The molecule has 0 radical (unpaired) electrons. The second-order valence-electron chi connectivity index (χ2n) is 6.35. The minimum atomic E-state index is -0.118. The highest BCUT2D eigenvalue weighted by Crippen LogP contribution is 2.28. The predicted molar refractivity (Wildman–Crippen MR) is 98.1 cm³/mol. The van der Waals surface area contributed by atoms with E-state index in [2.05, 4.69) is 24.7 Å². The highest BCUT2D eigenvalue weighted by atomic mass is 16.5. The van der Waals surface area contributed by atoms with E-state index in [9.17, 15) is 4.79 Å². The Labute approximate surface area is 156 Å². The Balaban J connectivity index is 1.63. The number of carbonyl (C=O) groups excluding carboxylic acids is 1. The zero-order valence-corrected chi connectivity index (χ0v) is 15.2. The van der Waals surface area contributed by atoms with Gasteiger partial charge in [-0.15, -0.1) is 10.2 Å². The summed E-state index contributed by atoms with van der Waals surface area (Å²) >= 11 is 0. The molecule has 0 aromatic carbocycles. The third-order valence-electron chi connectivity index (χ3n) is 4.49. The molecule has 0 fully saturated rings. The fourth-order valence-electron chi connectivity index (χ4n) is 3.33. The van der Waals surface area contributed by atoms with Crippen LogP contribution in [-0.4, -0.2) is 48.7 Å². The quantitative estimate of drug-likeness (QED) is 0.706. The number of hydrogen-bond acceptors (Lipinski definition) is 6. The molecule has 0 N–H and O–H groups in total. The van der Waals surface area contributed by atoms with Crippen LogP contribution in [0.5, 0.6) is 5.88 Å². The molecule has 4 rings (SSSR count). The Morgan fingerprint density at radius 1 is 1.19 bits per heavy atom. The Kier molecular flexibility index (Phi) is 4.53. The maximum absolute atomic E-state index is 13.1. The van der Waals surface area contributed by atoms with Crippen molar-refractivity contribution in [3.05, 3.63) is 54.1 Å². The lowest BCUT2D eigenvalue weighted by atomic mass is 10.1. The third kappa shape index (κ3) is 3.14. The van der Waals surface area contributed by atoms with Crippen LogP contribution in [0.1, 0.15) is 36.1 Å². The maximum Gasteiger partial charge on any atom is 0.259 e. The molecule has 3 aromatic heterocycles. The first kappa shape index (κ1) is 17.1. The van der Waals surface area contributed by atoms with E-state index in [0.29, 0.717) is 31.1 Å². The molecule has 27 heavy (non-hydrogen) atoms. The van der Waals surface area contributed by atoms with Gasteiger partial charge in [-0.25, -0.2) is 4.98 Å². The highest BCUT2D eigenvalue weighted by molar-refractivity contribution is 5.96. The van der Waals surface area contributed by atoms with E-state index in [-0.39, 0.29) is 11.9 Å². The van der Waals surface area contributed by atoms with Crippen molar-refractivity contribution >= 4 is 5.91 Å². The van der Waals surface area contributed by atoms with Gasteiger partial charge in [0.05, 0.1) is 19.2 Å². The summed E-state index contributed by atoms with van der Waals surface area (Å²) in [5.41, 5.74) is 1.23. The van der Waals surface area contributed by atoms with Crippen LogP contribution in [0.3, 0.4) is 0 Å². The summed E-state index contributed by atoms with van der Waals surface area (Å²) in [4.78, 5) is 23.4. The average molecular weight is 364 g/mol. The van der Waals surface area contributed by atoms with Crippen LogP contribution in [0.2, 0.25) is 0 Å². The normalized spacial score (nSPS) is 16.1. The van der Waals surface area contributed by atoms with Crippen LogP contribution in [0.25, 0.3) is 11.5 Å². The monoisotopic (exact) mass is 364 g/mol. The molecule has 4 heterocycles. The van der Waals surface area contributed by atoms with Crippen molar-refractivity contribution in [1.82, 2.24) is 29.6 Å². The van der Waals surface area contributed by atoms with Gasteiger partial charge in [-0.1, -0.05) is 6.07 Å². The van der Waals surface area contributed by atoms with E-state index in [4.69, 9.17) is 4.74 Å². The van der Waals surface area contributed by atoms with Gasteiger partial charge in [0.1, 0.15) is 11.3 Å². The number of carbonyl (C=O) groups is 1. The summed E-state index contributed by atoms with van der Waals surface area (Å²) in [6.45, 7) is 5.29. The SMILES string of the molecule is CCOc1ncccc1C(=O)N1Cc2nnc(-c3ccccn3)n2[C@@H](C)C1. The van der Waals surface area contributed by atoms with E-state index in [1.54, 1.807) is 29.4 Å². The van der Waals surface area contributed by atoms with Gasteiger partial charge >= 0.3 is 0 Å². The molecule has 8 nitrogen and oxygen atoms in total. The molecular weight excluding hydrogens is 344 g/mol. The van der Waals surface area contributed by atoms with Gasteiger partial charge in [0, 0.05) is 18.9 Å². The summed E-state index contributed by atoms with van der Waals surface area (Å²) in [5.74, 6) is 1.71. The molecule has 0 spiro atoms. The fourth-order valence-corrected chi connectivity index (χ4v) is 3.33. The minimum Gasteiger partial charge on any atom is -0.477 e. The van der Waals surface area contributed by atoms with Crippen molar-refractivity contribution in [3.63, 3.8) is 0 Å². The lowest BCUT2D eigenvalue weighted by molar-refractivity contribution is 0.0677. The van der Waals surface area contributed by atoms with Crippen molar-refractivity contribution in [1.29, 1.82) is 0 Å². The second kappa shape index (κ2) is 7.14. The first-order valence-electron chi connectivity index (χ1n) is 8.91. The number of ether oxygens (including phenoxy) is 1. The van der Waals surface area contributed by atoms with Crippen LogP contribution >= 0.6 is 0 Å². The highest BCUT2D eigenvalue weighted by Gasteiger charge is 2.31. The Hall–Kier alpha value is -3.29. The first-order valence-corrected chi connectivity index (χ1v) is 8.91. The van der Waals surface area contributed by atoms with Crippen molar-refractivity contribution < 1.29 is 9.53 Å². The molecule has 0 saturated carbocycles. The van der Waals surface area contributed by atoms with Crippen LogP contribution in [0.15, 0.2) is 42.7 Å². The molecule has 1 amide bonds. The molecule has 0 bridgehead atoms. The van der Waals surface area contributed by atoms with Crippen LogP contribution in [0, 0.1) is 0 Å².